The van der Waals surface area contributed by atoms with Crippen molar-refractivity contribution in [3.63, 3.8) is 0 Å². The summed E-state index contributed by atoms with van der Waals surface area (Å²) in [6.45, 7) is 4.56. The minimum Gasteiger partial charge on any atom is -0.496 e. The molecule has 192 valence electrons. The number of aromatic nitrogens is 4. The Morgan fingerprint density at radius 3 is 2.73 bits per heavy atom. The Morgan fingerprint density at radius 1 is 1.22 bits per heavy atom. The summed E-state index contributed by atoms with van der Waals surface area (Å²) in [6, 6.07) is 7.79. The van der Waals surface area contributed by atoms with Gasteiger partial charge in [-0.25, -0.2) is 4.68 Å². The number of fused-ring (bicyclic) bond motifs is 3. The molecule has 1 atom stereocenters. The largest absolute Gasteiger partial charge is 0.496 e. The van der Waals surface area contributed by atoms with Crippen LogP contribution in [0.1, 0.15) is 29.9 Å². The molecule has 0 aliphatic carbocycles. The second kappa shape index (κ2) is 8.84. The summed E-state index contributed by atoms with van der Waals surface area (Å²) in [7, 11) is 2.56. The van der Waals surface area contributed by atoms with Gasteiger partial charge in [-0.05, 0) is 37.4 Å². The zero-order valence-corrected chi connectivity index (χ0v) is 22.7. The van der Waals surface area contributed by atoms with Crippen molar-refractivity contribution in [3.8, 4) is 39.7 Å². The molecule has 3 aromatic heterocycles. The summed E-state index contributed by atoms with van der Waals surface area (Å²) in [5.74, 6) is 2.06. The first-order chi connectivity index (χ1) is 17.8. The highest BCUT2D eigenvalue weighted by Gasteiger charge is 2.40. The fourth-order valence-corrected chi connectivity index (χ4v) is 7.18. The standard InChI is InChI=1S/C26H27N5O4S2/c1-26(2)15-37(33)10-8-30(26)25(32)23-19-13-35-22-12-21(34-4)17(20-5-7-29(3)27-20)11-18(22)24(19)31(28-23)16-6-9-36-14-16/h5-7,9,11-12,14H,8,10,13,15H2,1-4H3. The van der Waals surface area contributed by atoms with E-state index in [4.69, 9.17) is 14.6 Å². The van der Waals surface area contributed by atoms with Crippen LogP contribution >= 0.6 is 11.3 Å². The highest BCUT2D eigenvalue weighted by molar-refractivity contribution is 7.85. The molecule has 0 spiro atoms. The lowest BCUT2D eigenvalue weighted by atomic mass is 9.97. The van der Waals surface area contributed by atoms with E-state index in [9.17, 15) is 9.00 Å². The summed E-state index contributed by atoms with van der Waals surface area (Å²) < 4.78 is 27.7. The van der Waals surface area contributed by atoms with Crippen molar-refractivity contribution in [1.82, 2.24) is 24.5 Å². The van der Waals surface area contributed by atoms with Gasteiger partial charge in [-0.1, -0.05) is 0 Å². The maximum absolute atomic E-state index is 13.9. The Balaban J connectivity index is 1.54. The third-order valence-electron chi connectivity index (χ3n) is 6.89. The van der Waals surface area contributed by atoms with Crippen LogP contribution in [0.15, 0.2) is 41.2 Å². The third kappa shape index (κ3) is 3.97. The monoisotopic (exact) mass is 537 g/mol. The fourth-order valence-electron chi connectivity index (χ4n) is 5.09. The van der Waals surface area contributed by atoms with Crippen LogP contribution in [-0.4, -0.2) is 65.3 Å². The van der Waals surface area contributed by atoms with E-state index in [0.29, 0.717) is 35.2 Å². The normalized spacial score (nSPS) is 18.2. The minimum absolute atomic E-state index is 0.169. The van der Waals surface area contributed by atoms with Gasteiger partial charge in [0.15, 0.2) is 5.69 Å². The Kier molecular flexibility index (Phi) is 5.72. The summed E-state index contributed by atoms with van der Waals surface area (Å²) in [5.41, 5.74) is 4.68. The molecule has 1 fully saturated rings. The molecular weight excluding hydrogens is 510 g/mol. The number of thiophene rings is 1. The SMILES string of the molecule is COc1cc2c(cc1-c1ccn(C)n1)-c1c(c(C(=O)N3CCS(=O)CC3(C)C)nn1-c1ccsc1)CO2. The first-order valence-electron chi connectivity index (χ1n) is 11.9. The van der Waals surface area contributed by atoms with E-state index in [1.807, 2.05) is 66.8 Å². The number of methoxy groups -OCH3 is 1. The Labute approximate surface area is 221 Å². The van der Waals surface area contributed by atoms with E-state index in [1.54, 1.807) is 28.0 Å². The van der Waals surface area contributed by atoms with Gasteiger partial charge in [0.1, 0.15) is 18.1 Å². The minimum atomic E-state index is -0.939. The molecule has 1 unspecified atom stereocenters. The van der Waals surface area contributed by atoms with Crippen LogP contribution < -0.4 is 9.47 Å². The van der Waals surface area contributed by atoms with Crippen molar-refractivity contribution in [2.24, 2.45) is 7.05 Å². The quantitative estimate of drug-likeness (QED) is 0.392. The van der Waals surface area contributed by atoms with Crippen LogP contribution in [0.25, 0.3) is 28.2 Å². The number of rotatable bonds is 4. The van der Waals surface area contributed by atoms with Crippen LogP contribution in [0.3, 0.4) is 0 Å². The lowest BCUT2D eigenvalue weighted by molar-refractivity contribution is 0.0585. The van der Waals surface area contributed by atoms with E-state index < -0.39 is 16.3 Å². The van der Waals surface area contributed by atoms with Crippen molar-refractivity contribution in [2.45, 2.75) is 26.0 Å². The highest BCUT2D eigenvalue weighted by Crippen LogP contribution is 2.46. The summed E-state index contributed by atoms with van der Waals surface area (Å²) in [6.07, 6.45) is 1.88. The zero-order valence-electron chi connectivity index (χ0n) is 21.1. The van der Waals surface area contributed by atoms with Crippen molar-refractivity contribution in [2.75, 3.05) is 25.2 Å². The van der Waals surface area contributed by atoms with E-state index in [0.717, 1.165) is 33.8 Å². The summed E-state index contributed by atoms with van der Waals surface area (Å²) in [4.78, 5) is 15.7. The Hall–Kier alpha value is -3.44. The van der Waals surface area contributed by atoms with Gasteiger partial charge in [0, 0.05) is 75.8 Å². The van der Waals surface area contributed by atoms with Gasteiger partial charge >= 0.3 is 0 Å². The molecule has 5 heterocycles. The lowest BCUT2D eigenvalue weighted by Gasteiger charge is -2.41. The molecule has 9 nitrogen and oxygen atoms in total. The number of ether oxygens (including phenoxy) is 2. The number of hydrogen-bond acceptors (Lipinski definition) is 7. The van der Waals surface area contributed by atoms with Gasteiger partial charge in [0.05, 0.1) is 24.2 Å². The van der Waals surface area contributed by atoms with E-state index in [2.05, 4.69) is 5.10 Å². The molecule has 0 radical (unpaired) electrons. The fraction of sp³-hybridized carbons (Fsp3) is 0.346. The molecule has 6 rings (SSSR count). The average Bonchev–Trinajstić information content (AvgIpc) is 3.61. The predicted octanol–water partition coefficient (Wildman–Crippen LogP) is 3.89. The van der Waals surface area contributed by atoms with E-state index in [-0.39, 0.29) is 12.5 Å². The molecule has 11 heteroatoms. The van der Waals surface area contributed by atoms with Crippen molar-refractivity contribution < 1.29 is 18.5 Å². The maximum Gasteiger partial charge on any atom is 0.275 e. The lowest BCUT2D eigenvalue weighted by Crippen LogP contribution is -2.56. The van der Waals surface area contributed by atoms with Crippen molar-refractivity contribution in [3.05, 3.63) is 52.5 Å². The van der Waals surface area contributed by atoms with Gasteiger partial charge in [-0.3, -0.25) is 13.7 Å². The number of aryl methyl sites for hydroxylation is 1. The Morgan fingerprint density at radius 2 is 2.05 bits per heavy atom. The zero-order chi connectivity index (χ0) is 25.9. The topological polar surface area (TPSA) is 91.5 Å². The van der Waals surface area contributed by atoms with Gasteiger partial charge < -0.3 is 14.4 Å². The predicted molar refractivity (Wildman–Crippen MR) is 143 cm³/mol. The molecule has 0 saturated carbocycles. The molecule has 1 saturated heterocycles. The van der Waals surface area contributed by atoms with Crippen LogP contribution in [0.4, 0.5) is 0 Å². The van der Waals surface area contributed by atoms with Crippen LogP contribution in [-0.2, 0) is 24.5 Å². The number of carbonyl (C=O) groups is 1. The second-order valence-corrected chi connectivity index (χ2v) is 12.2. The number of carbonyl (C=O) groups excluding carboxylic acids is 1. The highest BCUT2D eigenvalue weighted by atomic mass is 32.2. The van der Waals surface area contributed by atoms with Crippen LogP contribution in [0, 0.1) is 0 Å². The first kappa shape index (κ1) is 23.9. The third-order valence-corrected chi connectivity index (χ3v) is 9.22. The molecule has 4 aromatic rings. The average molecular weight is 538 g/mol. The number of nitrogens with zero attached hydrogens (tertiary/aromatic N) is 5. The van der Waals surface area contributed by atoms with Gasteiger partial charge in [0.2, 0.25) is 0 Å². The number of hydrogen-bond donors (Lipinski definition) is 0. The molecule has 37 heavy (non-hydrogen) atoms. The molecule has 2 aliphatic heterocycles. The van der Waals surface area contributed by atoms with Crippen LogP contribution in [0.2, 0.25) is 0 Å². The molecule has 0 bridgehead atoms. The van der Waals surface area contributed by atoms with Crippen molar-refractivity contribution in [1.29, 1.82) is 0 Å². The van der Waals surface area contributed by atoms with E-state index in [1.165, 1.54) is 0 Å². The molecule has 1 aromatic carbocycles. The maximum atomic E-state index is 13.9. The van der Waals surface area contributed by atoms with Gasteiger partial charge in [-0.15, -0.1) is 0 Å². The molecule has 2 aliphatic rings. The smallest absolute Gasteiger partial charge is 0.275 e. The van der Waals surface area contributed by atoms with E-state index >= 15 is 0 Å². The van der Waals surface area contributed by atoms with Crippen LogP contribution in [0.5, 0.6) is 11.5 Å². The Bertz CT molecular complexity index is 1540. The number of benzene rings is 1. The molecular formula is C26H27N5O4S2. The van der Waals surface area contributed by atoms with Gasteiger partial charge in [0.25, 0.3) is 5.91 Å². The molecule has 0 N–H and O–H groups in total. The summed E-state index contributed by atoms with van der Waals surface area (Å²) in [5, 5.41) is 13.4. The van der Waals surface area contributed by atoms with Crippen molar-refractivity contribution >= 4 is 28.0 Å². The number of amides is 1. The first-order valence-corrected chi connectivity index (χ1v) is 14.4. The van der Waals surface area contributed by atoms with Gasteiger partial charge in [-0.2, -0.15) is 21.5 Å². The second-order valence-electron chi connectivity index (χ2n) is 9.84. The molecule has 1 amide bonds. The summed E-state index contributed by atoms with van der Waals surface area (Å²) >= 11 is 1.57.